The number of aryl methyl sites for hydroxylation is 2. The zero-order chi connectivity index (χ0) is 26.0. The molecule has 5 rings (SSSR count). The second-order valence-corrected chi connectivity index (χ2v) is 11.2. The van der Waals surface area contributed by atoms with Gasteiger partial charge in [0.25, 0.3) is 0 Å². The molecule has 2 heterocycles. The first kappa shape index (κ1) is 25.3. The van der Waals surface area contributed by atoms with Gasteiger partial charge in [0.05, 0.1) is 31.9 Å². The van der Waals surface area contributed by atoms with E-state index in [0.717, 1.165) is 24.8 Å². The number of anilines is 1. The van der Waals surface area contributed by atoms with Gasteiger partial charge in [-0.25, -0.2) is 8.42 Å². The summed E-state index contributed by atoms with van der Waals surface area (Å²) in [5, 5.41) is 8.83. The van der Waals surface area contributed by atoms with Crippen LogP contribution in [0.4, 0.5) is 5.82 Å². The first-order chi connectivity index (χ1) is 17.9. The third kappa shape index (κ3) is 4.95. The molecule has 37 heavy (non-hydrogen) atoms. The number of aromatic nitrogens is 2. The molecule has 1 fully saturated rings. The van der Waals surface area contributed by atoms with Gasteiger partial charge in [0.15, 0.2) is 17.3 Å². The van der Waals surface area contributed by atoms with Gasteiger partial charge in [0.2, 0.25) is 15.8 Å². The van der Waals surface area contributed by atoms with Crippen LogP contribution in [0.2, 0.25) is 0 Å². The number of sulfonamides is 1. The third-order valence-corrected chi connectivity index (χ3v) is 9.03. The van der Waals surface area contributed by atoms with E-state index >= 15 is 0 Å². The molecule has 9 nitrogen and oxygen atoms in total. The van der Waals surface area contributed by atoms with E-state index in [1.54, 1.807) is 31.7 Å². The Morgan fingerprint density at radius 1 is 0.757 bits per heavy atom. The molecule has 0 unspecified atom stereocenters. The van der Waals surface area contributed by atoms with Gasteiger partial charge in [0, 0.05) is 31.7 Å². The molecular formula is C27H32N4O5S. The van der Waals surface area contributed by atoms with Crippen LogP contribution < -0.4 is 19.1 Å². The van der Waals surface area contributed by atoms with Gasteiger partial charge in [0.1, 0.15) is 0 Å². The standard InChI is InChI=1S/C27H32N4O5S/c1-34-24-17-21(18-25(35-2)27(24)36-3)23-10-11-26(29-28-23)30-12-14-31(15-13-30)37(32,33)22-9-8-19-6-4-5-7-20(19)16-22/h8-11,16-18H,4-7,12-15H2,1-3H3. The molecule has 1 saturated heterocycles. The van der Waals surface area contributed by atoms with Crippen LogP contribution in [0, 0.1) is 0 Å². The van der Waals surface area contributed by atoms with Crippen molar-refractivity contribution in [1.82, 2.24) is 14.5 Å². The van der Waals surface area contributed by atoms with E-state index in [1.807, 2.05) is 36.4 Å². The Balaban J connectivity index is 1.28. The number of fused-ring (bicyclic) bond motifs is 1. The third-order valence-electron chi connectivity index (χ3n) is 7.13. The van der Waals surface area contributed by atoms with Crippen molar-refractivity contribution in [2.45, 2.75) is 30.6 Å². The predicted octanol–water partition coefficient (Wildman–Crippen LogP) is 3.56. The fraction of sp³-hybridized carbons (Fsp3) is 0.407. The van der Waals surface area contributed by atoms with Crippen LogP contribution >= 0.6 is 0 Å². The van der Waals surface area contributed by atoms with Crippen molar-refractivity contribution in [2.24, 2.45) is 0 Å². The average molecular weight is 525 g/mol. The highest BCUT2D eigenvalue weighted by molar-refractivity contribution is 7.89. The summed E-state index contributed by atoms with van der Waals surface area (Å²) in [6.07, 6.45) is 4.28. The number of ether oxygens (including phenoxy) is 3. The zero-order valence-electron chi connectivity index (χ0n) is 21.4. The molecule has 2 aliphatic rings. The molecule has 1 aromatic heterocycles. The molecule has 3 aromatic rings. The Kier molecular flexibility index (Phi) is 7.21. The molecule has 0 radical (unpaired) electrons. The quantitative estimate of drug-likeness (QED) is 0.463. The Morgan fingerprint density at radius 2 is 1.43 bits per heavy atom. The maximum atomic E-state index is 13.3. The van der Waals surface area contributed by atoms with Crippen molar-refractivity contribution in [1.29, 1.82) is 0 Å². The van der Waals surface area contributed by atoms with E-state index in [2.05, 4.69) is 15.1 Å². The predicted molar refractivity (Wildman–Crippen MR) is 141 cm³/mol. The maximum absolute atomic E-state index is 13.3. The largest absolute Gasteiger partial charge is 0.493 e. The zero-order valence-corrected chi connectivity index (χ0v) is 22.3. The van der Waals surface area contributed by atoms with Crippen LogP contribution in [0.25, 0.3) is 11.3 Å². The van der Waals surface area contributed by atoms with Crippen LogP contribution in [0.15, 0.2) is 47.4 Å². The number of piperazine rings is 1. The number of rotatable bonds is 7. The molecule has 2 aromatic carbocycles. The van der Waals surface area contributed by atoms with E-state index in [4.69, 9.17) is 14.2 Å². The molecule has 196 valence electrons. The molecule has 0 bridgehead atoms. The molecule has 0 spiro atoms. The van der Waals surface area contributed by atoms with Crippen molar-refractivity contribution in [2.75, 3.05) is 52.4 Å². The second kappa shape index (κ2) is 10.5. The highest BCUT2D eigenvalue weighted by Gasteiger charge is 2.30. The van der Waals surface area contributed by atoms with Crippen LogP contribution in [-0.2, 0) is 22.9 Å². The average Bonchev–Trinajstić information content (AvgIpc) is 2.96. The topological polar surface area (TPSA) is 94.1 Å². The van der Waals surface area contributed by atoms with Gasteiger partial charge in [-0.2, -0.15) is 4.31 Å². The summed E-state index contributed by atoms with van der Waals surface area (Å²) in [5.41, 5.74) is 3.91. The van der Waals surface area contributed by atoms with Crippen molar-refractivity contribution in [3.8, 4) is 28.5 Å². The van der Waals surface area contributed by atoms with Crippen molar-refractivity contribution >= 4 is 15.8 Å². The molecule has 0 atom stereocenters. The summed E-state index contributed by atoms with van der Waals surface area (Å²) in [7, 11) is 1.18. The number of hydrogen-bond acceptors (Lipinski definition) is 8. The highest BCUT2D eigenvalue weighted by Crippen LogP contribution is 2.40. The molecule has 1 aliphatic heterocycles. The molecule has 10 heteroatoms. The summed E-state index contributed by atoms with van der Waals surface area (Å²) >= 11 is 0. The normalized spacial score (nSPS) is 16.2. The fourth-order valence-electron chi connectivity index (χ4n) is 5.05. The second-order valence-electron chi connectivity index (χ2n) is 9.22. The summed E-state index contributed by atoms with van der Waals surface area (Å²) < 4.78 is 44.5. The lowest BCUT2D eigenvalue weighted by Crippen LogP contribution is -2.49. The molecular weight excluding hydrogens is 492 g/mol. The Morgan fingerprint density at radius 3 is 2.03 bits per heavy atom. The lowest BCUT2D eigenvalue weighted by molar-refractivity contribution is 0.324. The smallest absolute Gasteiger partial charge is 0.243 e. The Labute approximate surface area is 218 Å². The van der Waals surface area contributed by atoms with Crippen LogP contribution in [0.1, 0.15) is 24.0 Å². The van der Waals surface area contributed by atoms with E-state index < -0.39 is 10.0 Å². The summed E-state index contributed by atoms with van der Waals surface area (Å²) in [6.45, 7) is 1.89. The minimum Gasteiger partial charge on any atom is -0.493 e. The number of hydrogen-bond donors (Lipinski definition) is 0. The van der Waals surface area contributed by atoms with Gasteiger partial charge in [-0.15, -0.1) is 10.2 Å². The van der Waals surface area contributed by atoms with Crippen LogP contribution in [-0.4, -0.2) is 70.4 Å². The molecule has 0 saturated carbocycles. The lowest BCUT2D eigenvalue weighted by Gasteiger charge is -2.34. The van der Waals surface area contributed by atoms with E-state index in [-0.39, 0.29) is 0 Å². The Hall–Kier alpha value is -3.37. The summed E-state index contributed by atoms with van der Waals surface area (Å²) in [6, 6.07) is 13.1. The van der Waals surface area contributed by atoms with Gasteiger partial charge < -0.3 is 19.1 Å². The first-order valence-electron chi connectivity index (χ1n) is 12.5. The van der Waals surface area contributed by atoms with Gasteiger partial charge >= 0.3 is 0 Å². The minimum atomic E-state index is -3.53. The number of methoxy groups -OCH3 is 3. The summed E-state index contributed by atoms with van der Waals surface area (Å²) in [5.74, 6) is 2.31. The van der Waals surface area contributed by atoms with Crippen molar-refractivity contribution in [3.05, 3.63) is 53.6 Å². The molecule has 0 N–H and O–H groups in total. The molecule has 1 aliphatic carbocycles. The fourth-order valence-corrected chi connectivity index (χ4v) is 6.53. The van der Waals surface area contributed by atoms with Gasteiger partial charge in [-0.05, 0) is 73.2 Å². The van der Waals surface area contributed by atoms with E-state index in [1.165, 1.54) is 17.5 Å². The SMILES string of the molecule is COc1cc(-c2ccc(N3CCN(S(=O)(=O)c4ccc5c(c4)CCCC5)CC3)nn2)cc(OC)c1OC. The van der Waals surface area contributed by atoms with Crippen LogP contribution in [0.5, 0.6) is 17.2 Å². The monoisotopic (exact) mass is 524 g/mol. The molecule has 0 amide bonds. The van der Waals surface area contributed by atoms with Gasteiger partial charge in [-0.1, -0.05) is 6.07 Å². The van der Waals surface area contributed by atoms with E-state index in [0.29, 0.717) is 59.8 Å². The van der Waals surface area contributed by atoms with Crippen molar-refractivity contribution < 1.29 is 22.6 Å². The van der Waals surface area contributed by atoms with Crippen LogP contribution in [0.3, 0.4) is 0 Å². The van der Waals surface area contributed by atoms with E-state index in [9.17, 15) is 8.42 Å². The van der Waals surface area contributed by atoms with Gasteiger partial charge in [-0.3, -0.25) is 0 Å². The number of benzene rings is 2. The number of nitrogens with zero attached hydrogens (tertiary/aromatic N) is 4. The minimum absolute atomic E-state index is 0.399. The Bertz CT molecular complexity index is 1350. The highest BCUT2D eigenvalue weighted by atomic mass is 32.2. The summed E-state index contributed by atoms with van der Waals surface area (Å²) in [4.78, 5) is 2.46. The first-order valence-corrected chi connectivity index (χ1v) is 13.9. The lowest BCUT2D eigenvalue weighted by atomic mass is 9.92. The maximum Gasteiger partial charge on any atom is 0.243 e. The van der Waals surface area contributed by atoms with Crippen molar-refractivity contribution in [3.63, 3.8) is 0 Å².